The van der Waals surface area contributed by atoms with E-state index in [9.17, 15) is 4.79 Å². The van der Waals surface area contributed by atoms with Crippen LogP contribution < -0.4 is 10.2 Å². The van der Waals surface area contributed by atoms with Crippen LogP contribution in [0.2, 0.25) is 0 Å². The minimum Gasteiger partial charge on any atom is -0.383 e. The molecule has 2 aromatic rings. The molecule has 1 aliphatic rings. The van der Waals surface area contributed by atoms with Gasteiger partial charge in [0.05, 0.1) is 24.4 Å². The van der Waals surface area contributed by atoms with Crippen molar-refractivity contribution in [2.45, 2.75) is 71.8 Å². The average molecular weight is 463 g/mol. The number of carbonyl (C=O) groups is 1. The van der Waals surface area contributed by atoms with E-state index in [2.05, 4.69) is 50.1 Å². The van der Waals surface area contributed by atoms with Gasteiger partial charge in [-0.15, -0.1) is 0 Å². The zero-order valence-corrected chi connectivity index (χ0v) is 21.3. The topological polar surface area (TPSA) is 67.3 Å². The van der Waals surface area contributed by atoms with E-state index in [0.29, 0.717) is 19.0 Å². The van der Waals surface area contributed by atoms with Crippen LogP contribution in [0.15, 0.2) is 24.3 Å². The first-order valence-electron chi connectivity index (χ1n) is 12.4. The smallest absolute Gasteiger partial charge is 0.239 e. The first-order valence-corrected chi connectivity index (χ1v) is 12.4. The van der Waals surface area contributed by atoms with Gasteiger partial charge in [0.15, 0.2) is 0 Å². The highest BCUT2D eigenvalue weighted by Gasteiger charge is 2.22. The molecule has 1 heterocycles. The largest absolute Gasteiger partial charge is 0.383 e. The summed E-state index contributed by atoms with van der Waals surface area (Å²) in [6.45, 7) is 9.42. The van der Waals surface area contributed by atoms with Crippen molar-refractivity contribution < 1.29 is 9.53 Å². The molecule has 1 N–H and O–H groups in total. The van der Waals surface area contributed by atoms with E-state index in [0.717, 1.165) is 35.5 Å². The van der Waals surface area contributed by atoms with E-state index in [1.807, 2.05) is 24.0 Å². The van der Waals surface area contributed by atoms with Crippen molar-refractivity contribution in [1.82, 2.24) is 15.3 Å². The monoisotopic (exact) mass is 462 g/mol. The molecule has 1 aromatic carbocycles. The van der Waals surface area contributed by atoms with Gasteiger partial charge in [-0.3, -0.25) is 4.79 Å². The van der Waals surface area contributed by atoms with Gasteiger partial charge in [-0.25, -0.2) is 9.97 Å². The number of benzene rings is 1. The second kappa shape index (κ2) is 12.5. The maximum absolute atomic E-state index is 13.0. The number of nitrogens with zero attached hydrogens (tertiary/aromatic N) is 3. The number of aromatic nitrogens is 2. The van der Waals surface area contributed by atoms with Crippen molar-refractivity contribution in [2.24, 2.45) is 0 Å². The normalized spacial score (nSPS) is 13.9. The second-order valence-corrected chi connectivity index (χ2v) is 9.45. The summed E-state index contributed by atoms with van der Waals surface area (Å²) in [6.07, 6.45) is 5.73. The molecule has 0 atom stereocenters. The van der Waals surface area contributed by atoms with E-state index < -0.39 is 0 Å². The van der Waals surface area contributed by atoms with Gasteiger partial charge in [0.2, 0.25) is 5.91 Å². The van der Waals surface area contributed by atoms with Crippen molar-refractivity contribution in [3.05, 3.63) is 52.5 Å². The van der Waals surface area contributed by atoms with Gasteiger partial charge in [0.25, 0.3) is 0 Å². The van der Waals surface area contributed by atoms with E-state index in [4.69, 9.17) is 14.7 Å². The van der Waals surface area contributed by atoms with Crippen LogP contribution in [0, 0.1) is 25.7 Å². The molecule has 0 aliphatic heterocycles. The van der Waals surface area contributed by atoms with E-state index in [1.165, 1.54) is 24.8 Å². The molecule has 0 bridgehead atoms. The zero-order valence-electron chi connectivity index (χ0n) is 21.3. The Morgan fingerprint density at radius 3 is 2.47 bits per heavy atom. The number of carbonyl (C=O) groups excluding carboxylic acids is 1. The van der Waals surface area contributed by atoms with Crippen LogP contribution in [0.3, 0.4) is 0 Å². The van der Waals surface area contributed by atoms with Gasteiger partial charge >= 0.3 is 0 Å². The number of anilines is 1. The summed E-state index contributed by atoms with van der Waals surface area (Å²) in [5.41, 5.74) is 3.71. The van der Waals surface area contributed by atoms with Crippen LogP contribution in [-0.4, -0.2) is 48.7 Å². The van der Waals surface area contributed by atoms with Crippen LogP contribution in [0.1, 0.15) is 80.1 Å². The van der Waals surface area contributed by atoms with E-state index >= 15 is 0 Å². The molecule has 6 heteroatoms. The first-order chi connectivity index (χ1) is 16.4. The molecular formula is C28H38N4O2. The van der Waals surface area contributed by atoms with Crippen molar-refractivity contribution in [3.63, 3.8) is 0 Å². The van der Waals surface area contributed by atoms with Crippen molar-refractivity contribution in [3.8, 4) is 11.8 Å². The Labute approximate surface area is 204 Å². The van der Waals surface area contributed by atoms with Crippen LogP contribution in [0.4, 0.5) is 5.82 Å². The number of nitrogens with one attached hydrogen (secondary N) is 1. The van der Waals surface area contributed by atoms with Gasteiger partial charge in [-0.1, -0.05) is 62.6 Å². The molecule has 1 aromatic heterocycles. The lowest BCUT2D eigenvalue weighted by atomic mass is 9.95. The highest BCUT2D eigenvalue weighted by atomic mass is 16.5. The molecule has 0 unspecified atom stereocenters. The highest BCUT2D eigenvalue weighted by Crippen LogP contribution is 2.23. The molecule has 1 saturated carbocycles. The minimum absolute atomic E-state index is 0.0165. The lowest BCUT2D eigenvalue weighted by Crippen LogP contribution is -2.44. The Hall–Kier alpha value is -2.91. The predicted octanol–water partition coefficient (Wildman–Crippen LogP) is 4.52. The summed E-state index contributed by atoms with van der Waals surface area (Å²) in [4.78, 5) is 24.6. The third-order valence-corrected chi connectivity index (χ3v) is 6.16. The molecule has 1 aliphatic carbocycles. The summed E-state index contributed by atoms with van der Waals surface area (Å²) in [5, 5.41) is 3.23. The maximum Gasteiger partial charge on any atom is 0.239 e. The van der Waals surface area contributed by atoms with E-state index in [-0.39, 0.29) is 24.4 Å². The molecule has 1 amide bonds. The van der Waals surface area contributed by atoms with Gasteiger partial charge in [0, 0.05) is 31.2 Å². The number of rotatable bonds is 8. The summed E-state index contributed by atoms with van der Waals surface area (Å²) >= 11 is 0. The molecular weight excluding hydrogens is 424 g/mol. The summed E-state index contributed by atoms with van der Waals surface area (Å²) in [5.74, 6) is 8.20. The van der Waals surface area contributed by atoms with Crippen molar-refractivity contribution in [2.75, 3.05) is 31.7 Å². The third-order valence-electron chi connectivity index (χ3n) is 6.16. The predicted molar refractivity (Wildman–Crippen MR) is 137 cm³/mol. The number of hydrogen-bond acceptors (Lipinski definition) is 5. The quantitative estimate of drug-likeness (QED) is 0.585. The average Bonchev–Trinajstić information content (AvgIpc) is 2.82. The fourth-order valence-electron chi connectivity index (χ4n) is 4.14. The Balaban J connectivity index is 1.94. The number of amides is 1. The molecule has 0 spiro atoms. The van der Waals surface area contributed by atoms with Crippen molar-refractivity contribution >= 4 is 11.7 Å². The standard InChI is InChI=1S/C28H38N4O2/c1-20(2)27-29-22(4)25(16-15-23-13-11-21(3)12-14-23)28(31-27)32(17-18-34-5)19-26(33)30-24-9-7-6-8-10-24/h11-14,20,24H,6-10,17-19H2,1-5H3,(H,30,33). The number of aryl methyl sites for hydroxylation is 2. The fraction of sp³-hybridized carbons (Fsp3) is 0.536. The lowest BCUT2D eigenvalue weighted by Gasteiger charge is -2.28. The SMILES string of the molecule is COCCN(CC(=O)NC1CCCCC1)c1nc(C(C)C)nc(C)c1C#Cc1ccc(C)cc1. The van der Waals surface area contributed by atoms with Gasteiger partial charge < -0.3 is 15.0 Å². The van der Waals surface area contributed by atoms with Crippen molar-refractivity contribution in [1.29, 1.82) is 0 Å². The van der Waals surface area contributed by atoms with Crippen LogP contribution in [-0.2, 0) is 9.53 Å². The molecule has 1 fully saturated rings. The van der Waals surface area contributed by atoms with Crippen LogP contribution in [0.5, 0.6) is 0 Å². The Morgan fingerprint density at radius 1 is 1.12 bits per heavy atom. The molecule has 6 nitrogen and oxygen atoms in total. The lowest BCUT2D eigenvalue weighted by molar-refractivity contribution is -0.120. The Bertz CT molecular complexity index is 1020. The number of hydrogen-bond donors (Lipinski definition) is 1. The van der Waals surface area contributed by atoms with Crippen LogP contribution >= 0.6 is 0 Å². The number of ether oxygens (including phenoxy) is 1. The number of methoxy groups -OCH3 is 1. The third kappa shape index (κ3) is 7.30. The van der Waals surface area contributed by atoms with Crippen LogP contribution in [0.25, 0.3) is 0 Å². The Morgan fingerprint density at radius 2 is 1.82 bits per heavy atom. The summed E-state index contributed by atoms with van der Waals surface area (Å²) < 4.78 is 5.36. The highest BCUT2D eigenvalue weighted by molar-refractivity contribution is 5.82. The van der Waals surface area contributed by atoms with Gasteiger partial charge in [0.1, 0.15) is 11.6 Å². The zero-order chi connectivity index (χ0) is 24.5. The van der Waals surface area contributed by atoms with E-state index in [1.54, 1.807) is 7.11 Å². The van der Waals surface area contributed by atoms with Gasteiger partial charge in [-0.2, -0.15) is 0 Å². The van der Waals surface area contributed by atoms with Gasteiger partial charge in [-0.05, 0) is 38.8 Å². The maximum atomic E-state index is 13.0. The minimum atomic E-state index is 0.0165. The molecule has 3 rings (SSSR count). The molecule has 182 valence electrons. The molecule has 0 radical (unpaired) electrons. The first kappa shape index (κ1) is 25.7. The summed E-state index contributed by atoms with van der Waals surface area (Å²) in [6, 6.07) is 8.40. The second-order valence-electron chi connectivity index (χ2n) is 9.45. The molecule has 34 heavy (non-hydrogen) atoms. The summed E-state index contributed by atoms with van der Waals surface area (Å²) in [7, 11) is 1.67. The fourth-order valence-corrected chi connectivity index (χ4v) is 4.14. The molecule has 0 saturated heterocycles. The Kier molecular flexibility index (Phi) is 9.47.